The first-order valence-corrected chi connectivity index (χ1v) is 7.35. The number of anilines is 1. The quantitative estimate of drug-likeness (QED) is 0.784. The van der Waals surface area contributed by atoms with Crippen molar-refractivity contribution in [1.29, 1.82) is 0 Å². The first-order valence-electron chi connectivity index (χ1n) is 6.59. The van der Waals surface area contributed by atoms with Gasteiger partial charge < -0.3 is 10.2 Å². The minimum Gasteiger partial charge on any atom is -0.325 e. The summed E-state index contributed by atoms with van der Waals surface area (Å²) in [6.45, 7) is 5.66. The average Bonchev–Trinajstić information content (AvgIpc) is 2.38. The van der Waals surface area contributed by atoms with Gasteiger partial charge in [0.25, 0.3) is 0 Å². The van der Waals surface area contributed by atoms with Gasteiger partial charge in [-0.3, -0.25) is 0 Å². The lowest BCUT2D eigenvalue weighted by atomic mass is 10.3. The van der Waals surface area contributed by atoms with Gasteiger partial charge in [-0.25, -0.2) is 4.79 Å². The van der Waals surface area contributed by atoms with Crippen LogP contribution in [0.2, 0.25) is 10.0 Å². The van der Waals surface area contributed by atoms with Gasteiger partial charge in [-0.15, -0.1) is 0 Å². The van der Waals surface area contributed by atoms with E-state index in [1.54, 1.807) is 23.1 Å². The Hall–Kier alpha value is -0.930. The van der Waals surface area contributed by atoms with Crippen LogP contribution < -0.4 is 5.32 Å². The number of nitrogens with one attached hydrogen (secondary N) is 1. The number of amides is 2. The van der Waals surface area contributed by atoms with Gasteiger partial charge in [0.05, 0.1) is 10.7 Å². The highest BCUT2D eigenvalue weighted by Gasteiger charge is 2.13. The zero-order chi connectivity index (χ0) is 14.3. The first kappa shape index (κ1) is 16.1. The first-order chi connectivity index (χ1) is 9.08. The van der Waals surface area contributed by atoms with Crippen molar-refractivity contribution >= 4 is 34.9 Å². The summed E-state index contributed by atoms with van der Waals surface area (Å²) >= 11 is 11.9. The number of unbranched alkanes of at least 4 members (excludes halogenated alkanes) is 1. The van der Waals surface area contributed by atoms with Crippen LogP contribution in [0.1, 0.15) is 33.1 Å². The number of nitrogens with zero attached hydrogens (tertiary/aromatic N) is 1. The third-order valence-corrected chi connectivity index (χ3v) is 3.30. The lowest BCUT2D eigenvalue weighted by molar-refractivity contribution is 0.211. The van der Waals surface area contributed by atoms with E-state index in [9.17, 15) is 4.79 Å². The number of carbonyl (C=O) groups is 1. The summed E-state index contributed by atoms with van der Waals surface area (Å²) in [4.78, 5) is 14.0. The molecule has 0 fully saturated rings. The summed E-state index contributed by atoms with van der Waals surface area (Å²) in [5.41, 5.74) is 0.553. The summed E-state index contributed by atoms with van der Waals surface area (Å²) in [6, 6.07) is 4.90. The van der Waals surface area contributed by atoms with Gasteiger partial charge in [-0.1, -0.05) is 43.5 Å². The molecule has 2 amide bonds. The number of halogens is 2. The fraction of sp³-hybridized carbons (Fsp3) is 0.500. The van der Waals surface area contributed by atoms with Gasteiger partial charge in [-0.05, 0) is 31.0 Å². The van der Waals surface area contributed by atoms with E-state index < -0.39 is 0 Å². The van der Waals surface area contributed by atoms with E-state index in [4.69, 9.17) is 23.2 Å². The molecule has 0 aliphatic rings. The zero-order valence-electron chi connectivity index (χ0n) is 11.4. The van der Waals surface area contributed by atoms with E-state index in [2.05, 4.69) is 19.2 Å². The number of rotatable bonds is 6. The Balaban J connectivity index is 2.71. The molecule has 106 valence electrons. The van der Waals surface area contributed by atoms with Crippen molar-refractivity contribution in [3.05, 3.63) is 28.2 Å². The maximum atomic E-state index is 12.2. The second kappa shape index (κ2) is 8.28. The van der Waals surface area contributed by atoms with Gasteiger partial charge in [-0.2, -0.15) is 0 Å². The fourth-order valence-corrected chi connectivity index (χ4v) is 2.06. The van der Waals surface area contributed by atoms with Crippen LogP contribution in [0.25, 0.3) is 0 Å². The van der Waals surface area contributed by atoms with Crippen LogP contribution in [0.4, 0.5) is 10.5 Å². The van der Waals surface area contributed by atoms with Crippen LogP contribution in [-0.4, -0.2) is 24.0 Å². The molecule has 0 atom stereocenters. The Bertz CT molecular complexity index is 424. The van der Waals surface area contributed by atoms with Crippen LogP contribution in [0.15, 0.2) is 18.2 Å². The van der Waals surface area contributed by atoms with Gasteiger partial charge in [0.1, 0.15) is 0 Å². The molecule has 0 heterocycles. The maximum Gasteiger partial charge on any atom is 0.321 e. The fourth-order valence-electron chi connectivity index (χ4n) is 1.72. The smallest absolute Gasteiger partial charge is 0.321 e. The van der Waals surface area contributed by atoms with Crippen LogP contribution in [0.3, 0.4) is 0 Å². The van der Waals surface area contributed by atoms with Crippen molar-refractivity contribution in [2.24, 2.45) is 0 Å². The monoisotopic (exact) mass is 302 g/mol. The zero-order valence-corrected chi connectivity index (χ0v) is 12.9. The summed E-state index contributed by atoms with van der Waals surface area (Å²) in [5, 5.41) is 3.86. The minimum absolute atomic E-state index is 0.125. The van der Waals surface area contributed by atoms with Crippen LogP contribution in [0.5, 0.6) is 0 Å². The summed E-state index contributed by atoms with van der Waals surface area (Å²) in [5.74, 6) is 0. The third-order valence-electron chi connectivity index (χ3n) is 2.73. The highest BCUT2D eigenvalue weighted by atomic mass is 35.5. The van der Waals surface area contributed by atoms with E-state index in [0.717, 1.165) is 32.4 Å². The van der Waals surface area contributed by atoms with Crippen LogP contribution >= 0.6 is 23.2 Å². The molecule has 0 radical (unpaired) electrons. The standard InChI is InChI=1S/C14H20Cl2N2O/c1-3-5-9-18(8-4-2)14(19)17-13-10-11(15)6-7-12(13)16/h6-7,10H,3-5,8-9H2,1-2H3,(H,17,19). The summed E-state index contributed by atoms with van der Waals surface area (Å²) in [6.07, 6.45) is 2.99. The van der Waals surface area contributed by atoms with Gasteiger partial charge in [0, 0.05) is 18.1 Å². The Morgan fingerprint density at radius 2 is 1.95 bits per heavy atom. The van der Waals surface area contributed by atoms with Gasteiger partial charge >= 0.3 is 6.03 Å². The molecular formula is C14H20Cl2N2O. The van der Waals surface area contributed by atoms with Gasteiger partial charge in [0.2, 0.25) is 0 Å². The molecule has 1 N–H and O–H groups in total. The third kappa shape index (κ3) is 5.29. The van der Waals surface area contributed by atoms with Crippen molar-refractivity contribution in [3.63, 3.8) is 0 Å². The molecule has 1 aromatic carbocycles. The number of benzene rings is 1. The molecule has 0 spiro atoms. The van der Waals surface area contributed by atoms with Crippen LogP contribution in [0, 0.1) is 0 Å². The molecule has 0 aromatic heterocycles. The van der Waals surface area contributed by atoms with E-state index in [0.29, 0.717) is 15.7 Å². The van der Waals surface area contributed by atoms with Crippen molar-refractivity contribution in [2.75, 3.05) is 18.4 Å². The lowest BCUT2D eigenvalue weighted by Gasteiger charge is -2.22. The molecule has 0 saturated carbocycles. The van der Waals surface area contributed by atoms with Crippen molar-refractivity contribution in [1.82, 2.24) is 4.90 Å². The van der Waals surface area contributed by atoms with Crippen LogP contribution in [-0.2, 0) is 0 Å². The second-order valence-electron chi connectivity index (χ2n) is 4.39. The molecule has 0 bridgehead atoms. The molecule has 3 nitrogen and oxygen atoms in total. The summed E-state index contributed by atoms with van der Waals surface area (Å²) < 4.78 is 0. The Kier molecular flexibility index (Phi) is 7.03. The second-order valence-corrected chi connectivity index (χ2v) is 5.24. The van der Waals surface area contributed by atoms with E-state index in [-0.39, 0.29) is 6.03 Å². The predicted octanol–water partition coefficient (Wildman–Crippen LogP) is 5.04. The topological polar surface area (TPSA) is 32.3 Å². The molecular weight excluding hydrogens is 283 g/mol. The normalized spacial score (nSPS) is 10.3. The van der Waals surface area contributed by atoms with E-state index in [1.165, 1.54) is 0 Å². The average molecular weight is 303 g/mol. The molecule has 1 aromatic rings. The van der Waals surface area contributed by atoms with Crippen molar-refractivity contribution < 1.29 is 4.79 Å². The SMILES string of the molecule is CCCCN(CCC)C(=O)Nc1cc(Cl)ccc1Cl. The van der Waals surface area contributed by atoms with Crippen molar-refractivity contribution in [3.8, 4) is 0 Å². The number of carbonyl (C=O) groups excluding carboxylic acids is 1. The molecule has 1 rings (SSSR count). The van der Waals surface area contributed by atoms with Crippen molar-refractivity contribution in [2.45, 2.75) is 33.1 Å². The van der Waals surface area contributed by atoms with E-state index in [1.807, 2.05) is 0 Å². The Labute approximate surface area is 124 Å². The number of urea groups is 1. The molecule has 0 saturated heterocycles. The molecule has 0 unspecified atom stereocenters. The minimum atomic E-state index is -0.125. The Morgan fingerprint density at radius 1 is 1.21 bits per heavy atom. The molecule has 0 aliphatic carbocycles. The highest BCUT2D eigenvalue weighted by molar-refractivity contribution is 6.35. The summed E-state index contributed by atoms with van der Waals surface area (Å²) in [7, 11) is 0. The molecule has 0 aliphatic heterocycles. The largest absolute Gasteiger partial charge is 0.325 e. The van der Waals surface area contributed by atoms with Gasteiger partial charge in [0.15, 0.2) is 0 Å². The molecule has 5 heteroatoms. The number of hydrogen-bond donors (Lipinski definition) is 1. The Morgan fingerprint density at radius 3 is 2.58 bits per heavy atom. The lowest BCUT2D eigenvalue weighted by Crippen LogP contribution is -2.36. The highest BCUT2D eigenvalue weighted by Crippen LogP contribution is 2.25. The van der Waals surface area contributed by atoms with E-state index >= 15 is 0 Å². The predicted molar refractivity (Wildman–Crippen MR) is 82.3 cm³/mol. The number of hydrogen-bond acceptors (Lipinski definition) is 1. The molecule has 19 heavy (non-hydrogen) atoms. The maximum absolute atomic E-state index is 12.2.